The average Bonchev–Trinajstić information content (AvgIpc) is 3.29. The molecule has 0 saturated heterocycles. The van der Waals surface area contributed by atoms with Crippen LogP contribution in [0.2, 0.25) is 0 Å². The third-order valence-electron chi connectivity index (χ3n) is 13.0. The smallest absolute Gasteiger partial charge is 0.306 e. The fourth-order valence-corrected chi connectivity index (χ4v) is 8.53. The molecule has 0 aliphatic rings. The van der Waals surface area contributed by atoms with Crippen LogP contribution in [0, 0.1) is 0 Å². The molecule has 0 saturated carbocycles. The third kappa shape index (κ3) is 51.7. The van der Waals surface area contributed by atoms with Crippen LogP contribution in [0.3, 0.4) is 0 Å². The van der Waals surface area contributed by atoms with Crippen LogP contribution < -0.4 is 5.11 Å². The van der Waals surface area contributed by atoms with Gasteiger partial charge in [0, 0.05) is 12.8 Å². The van der Waals surface area contributed by atoms with Crippen molar-refractivity contribution >= 4 is 17.9 Å². The summed E-state index contributed by atoms with van der Waals surface area (Å²) in [6.45, 7) is 4.80. The van der Waals surface area contributed by atoms with Gasteiger partial charge in [0.05, 0.1) is 40.3 Å². The Hall–Kier alpha value is -1.97. The molecule has 0 aliphatic carbocycles. The highest BCUT2D eigenvalue weighted by molar-refractivity contribution is 5.70. The SMILES string of the molecule is CCCCCCCC/C=C\CCCCCCCCCCCC(=O)OC(COC(=O)CCCCCCCCCCCCCCCCCCCCCCCCC)COC(OCC[N+](C)(C)C)C(=O)[O-]. The summed E-state index contributed by atoms with van der Waals surface area (Å²) in [6.07, 6.45) is 54.0. The van der Waals surface area contributed by atoms with Crippen LogP contribution >= 0.6 is 0 Å². The molecular weight excluding hydrogens is 839 g/mol. The molecule has 0 spiro atoms. The van der Waals surface area contributed by atoms with E-state index in [2.05, 4.69) is 26.0 Å². The zero-order chi connectivity index (χ0) is 49.2. The minimum absolute atomic E-state index is 0.151. The number of unbranched alkanes of at least 4 members (excludes halogenated alkanes) is 37. The van der Waals surface area contributed by atoms with Crippen molar-refractivity contribution in [2.24, 2.45) is 0 Å². The Morgan fingerprint density at radius 2 is 0.761 bits per heavy atom. The maximum atomic E-state index is 12.8. The number of ether oxygens (including phenoxy) is 4. The number of carboxylic acid groups (broad SMARTS) is 1. The number of allylic oxidation sites excluding steroid dienone is 2. The molecule has 0 fully saturated rings. The molecule has 9 nitrogen and oxygen atoms in total. The summed E-state index contributed by atoms with van der Waals surface area (Å²) in [5, 5.41) is 11.8. The molecular formula is C58H111NO8. The molecule has 0 amide bonds. The summed E-state index contributed by atoms with van der Waals surface area (Å²) < 4.78 is 22.7. The summed E-state index contributed by atoms with van der Waals surface area (Å²) >= 11 is 0. The number of carbonyl (C=O) groups excluding carboxylic acids is 3. The quantitative estimate of drug-likeness (QED) is 0.0195. The lowest BCUT2D eigenvalue weighted by Gasteiger charge is -2.26. The molecule has 9 heteroatoms. The van der Waals surface area contributed by atoms with E-state index in [0.29, 0.717) is 23.9 Å². The van der Waals surface area contributed by atoms with Gasteiger partial charge in [-0.15, -0.1) is 0 Å². The maximum absolute atomic E-state index is 12.8. The summed E-state index contributed by atoms with van der Waals surface area (Å²) in [6, 6.07) is 0. The molecule has 0 aromatic carbocycles. The topological polar surface area (TPSA) is 111 Å². The van der Waals surface area contributed by atoms with Crippen molar-refractivity contribution in [2.75, 3.05) is 47.5 Å². The van der Waals surface area contributed by atoms with Gasteiger partial charge in [-0.2, -0.15) is 0 Å². The van der Waals surface area contributed by atoms with Crippen molar-refractivity contribution in [2.45, 2.75) is 296 Å². The second-order valence-corrected chi connectivity index (χ2v) is 20.9. The van der Waals surface area contributed by atoms with Gasteiger partial charge in [-0.3, -0.25) is 9.59 Å². The highest BCUT2D eigenvalue weighted by Gasteiger charge is 2.22. The number of hydrogen-bond acceptors (Lipinski definition) is 8. The van der Waals surface area contributed by atoms with Gasteiger partial charge in [-0.1, -0.05) is 244 Å². The predicted octanol–water partition coefficient (Wildman–Crippen LogP) is 15.2. The van der Waals surface area contributed by atoms with Gasteiger partial charge in [0.15, 0.2) is 12.4 Å². The number of likely N-dealkylation sites (N-methyl/N-ethyl adjacent to an activating group) is 1. The van der Waals surface area contributed by atoms with E-state index in [-0.39, 0.29) is 32.2 Å². The Balaban J connectivity index is 4.20. The van der Waals surface area contributed by atoms with Crippen molar-refractivity contribution in [3.63, 3.8) is 0 Å². The minimum Gasteiger partial charge on any atom is -0.545 e. The average molecular weight is 951 g/mol. The standard InChI is InChI=1S/C58H111NO8/c1-6-8-10-12-14-16-18-20-22-24-26-27-28-29-31-32-34-36-38-40-42-44-46-48-55(60)65-52-54(53-66-58(57(62)63)64-51-50-59(3,4)5)67-56(61)49-47-45-43-41-39-37-35-33-30-25-23-21-19-17-15-13-11-9-7-2/h21,23,54,58H,6-20,22,24-53H2,1-5H3/b23-21-. The summed E-state index contributed by atoms with van der Waals surface area (Å²) in [7, 11) is 5.93. The number of quaternary nitrogens is 1. The van der Waals surface area contributed by atoms with Crippen LogP contribution in [0.25, 0.3) is 0 Å². The van der Waals surface area contributed by atoms with Gasteiger partial charge in [-0.25, -0.2) is 0 Å². The van der Waals surface area contributed by atoms with E-state index in [4.69, 9.17) is 18.9 Å². The van der Waals surface area contributed by atoms with Crippen molar-refractivity contribution in [1.29, 1.82) is 0 Å². The molecule has 2 unspecified atom stereocenters. The second kappa shape index (κ2) is 50.4. The van der Waals surface area contributed by atoms with E-state index >= 15 is 0 Å². The Kier molecular flexibility index (Phi) is 48.9. The summed E-state index contributed by atoms with van der Waals surface area (Å²) in [5.74, 6) is -2.26. The number of rotatable bonds is 54. The van der Waals surface area contributed by atoms with Crippen molar-refractivity contribution in [3.8, 4) is 0 Å². The van der Waals surface area contributed by atoms with E-state index in [9.17, 15) is 19.5 Å². The minimum atomic E-state index is -1.62. The number of esters is 2. The van der Waals surface area contributed by atoms with Crippen molar-refractivity contribution in [3.05, 3.63) is 12.2 Å². The first kappa shape index (κ1) is 65.0. The van der Waals surface area contributed by atoms with Crippen LogP contribution in [0.4, 0.5) is 0 Å². The number of carboxylic acids is 1. The summed E-state index contributed by atoms with van der Waals surface area (Å²) in [5.41, 5.74) is 0. The Labute approximate surface area is 415 Å². The fraction of sp³-hybridized carbons (Fsp3) is 0.914. The molecule has 0 rings (SSSR count). The largest absolute Gasteiger partial charge is 0.545 e. The van der Waals surface area contributed by atoms with Gasteiger partial charge in [0.25, 0.3) is 0 Å². The van der Waals surface area contributed by atoms with Gasteiger partial charge in [0.1, 0.15) is 13.2 Å². The number of nitrogens with zero attached hydrogens (tertiary/aromatic N) is 1. The molecule has 0 aliphatic heterocycles. The normalized spacial score (nSPS) is 12.8. The van der Waals surface area contributed by atoms with E-state index in [1.54, 1.807) is 0 Å². The Morgan fingerprint density at radius 3 is 1.10 bits per heavy atom. The monoisotopic (exact) mass is 950 g/mol. The molecule has 0 aromatic heterocycles. The van der Waals surface area contributed by atoms with E-state index in [1.165, 1.54) is 212 Å². The Morgan fingerprint density at radius 1 is 0.433 bits per heavy atom. The lowest BCUT2D eigenvalue weighted by atomic mass is 10.0. The number of aliphatic carboxylic acids is 1. The highest BCUT2D eigenvalue weighted by atomic mass is 16.7. The van der Waals surface area contributed by atoms with E-state index in [1.807, 2.05) is 21.1 Å². The Bertz CT molecular complexity index is 1110. The van der Waals surface area contributed by atoms with E-state index < -0.39 is 24.3 Å². The number of carbonyl (C=O) groups is 3. The lowest BCUT2D eigenvalue weighted by molar-refractivity contribution is -0.870. The lowest BCUT2D eigenvalue weighted by Crippen LogP contribution is -2.44. The van der Waals surface area contributed by atoms with Crippen LogP contribution in [0.5, 0.6) is 0 Å². The zero-order valence-corrected chi connectivity index (χ0v) is 45.0. The second-order valence-electron chi connectivity index (χ2n) is 20.9. The zero-order valence-electron chi connectivity index (χ0n) is 45.0. The van der Waals surface area contributed by atoms with Gasteiger partial charge in [0.2, 0.25) is 0 Å². The molecule has 2 atom stereocenters. The predicted molar refractivity (Wildman–Crippen MR) is 279 cm³/mol. The summed E-state index contributed by atoms with van der Waals surface area (Å²) in [4.78, 5) is 37.3. The van der Waals surface area contributed by atoms with E-state index in [0.717, 1.165) is 38.5 Å². The number of hydrogen-bond donors (Lipinski definition) is 0. The van der Waals surface area contributed by atoms with Gasteiger partial charge >= 0.3 is 11.9 Å². The molecule has 0 aromatic rings. The fourth-order valence-electron chi connectivity index (χ4n) is 8.53. The van der Waals surface area contributed by atoms with Crippen LogP contribution in [-0.2, 0) is 33.3 Å². The van der Waals surface area contributed by atoms with Crippen LogP contribution in [0.1, 0.15) is 284 Å². The highest BCUT2D eigenvalue weighted by Crippen LogP contribution is 2.17. The first-order chi connectivity index (χ1) is 32.6. The maximum Gasteiger partial charge on any atom is 0.306 e. The van der Waals surface area contributed by atoms with Crippen LogP contribution in [0.15, 0.2) is 12.2 Å². The molecule has 0 heterocycles. The molecule has 67 heavy (non-hydrogen) atoms. The molecule has 0 N–H and O–H groups in total. The van der Waals surface area contributed by atoms with Gasteiger partial charge in [-0.05, 0) is 38.5 Å². The first-order valence-corrected chi connectivity index (χ1v) is 28.8. The van der Waals surface area contributed by atoms with Crippen LogP contribution in [-0.4, -0.2) is 82.3 Å². The van der Waals surface area contributed by atoms with Gasteiger partial charge < -0.3 is 33.3 Å². The van der Waals surface area contributed by atoms with Crippen molar-refractivity contribution in [1.82, 2.24) is 0 Å². The molecule has 0 bridgehead atoms. The first-order valence-electron chi connectivity index (χ1n) is 28.8. The molecule has 396 valence electrons. The molecule has 0 radical (unpaired) electrons. The van der Waals surface area contributed by atoms with Crippen molar-refractivity contribution < 1.29 is 42.9 Å². The third-order valence-corrected chi connectivity index (χ3v) is 13.0.